The number of ether oxygens (including phenoxy) is 3. The van der Waals surface area contributed by atoms with Crippen LogP contribution in [0.3, 0.4) is 0 Å². The van der Waals surface area contributed by atoms with E-state index in [2.05, 4.69) is 203 Å². The van der Waals surface area contributed by atoms with E-state index in [0.29, 0.717) is 19.3 Å². The third-order valence-electron chi connectivity index (χ3n) is 23.6. The zero-order valence-electron chi connectivity index (χ0n) is 86.3. The summed E-state index contributed by atoms with van der Waals surface area (Å²) < 4.78 is 61.8. The van der Waals surface area contributed by atoms with Crippen LogP contribution in [-0.2, 0) is 55.8 Å². The summed E-state index contributed by atoms with van der Waals surface area (Å²) in [5.41, 5.74) is 0. The summed E-state index contributed by atoms with van der Waals surface area (Å²) in [5.74, 6) is -1.55. The Balaban J connectivity index is 4.58. The Kier molecular flexibility index (Phi) is 103. The van der Waals surface area contributed by atoms with Crippen LogP contribution in [0.2, 0.25) is 0 Å². The molecule has 16 nitrogen and oxygen atoms in total. The van der Waals surface area contributed by atoms with Crippen LogP contribution in [0, 0.1) is 0 Å². The van der Waals surface area contributed by atoms with E-state index in [1.54, 1.807) is 0 Å². The van der Waals surface area contributed by atoms with Crippen molar-refractivity contribution >= 4 is 33.6 Å². The maximum Gasteiger partial charge on any atom is 0.472 e. The molecule has 0 heterocycles. The van der Waals surface area contributed by atoms with Crippen LogP contribution in [-0.4, -0.2) is 95.9 Å². The van der Waals surface area contributed by atoms with Crippen molar-refractivity contribution in [1.29, 1.82) is 0 Å². The summed E-state index contributed by atoms with van der Waals surface area (Å²) >= 11 is 0. The number of aliphatic hydroxyl groups excluding tert-OH is 2. The molecule has 0 fully saturated rings. The third kappa shape index (κ3) is 109. The zero-order chi connectivity index (χ0) is 97.8. The second-order valence-corrected chi connectivity index (χ2v) is 39.6. The molecule has 0 bridgehead atoms. The second-order valence-electron chi connectivity index (χ2n) is 36.7. The maximum atomic E-state index is 13.2. The number of allylic oxidation sites excluding steroid dienone is 30. The van der Waals surface area contributed by atoms with E-state index < -0.39 is 91.5 Å². The van der Waals surface area contributed by atoms with Crippen LogP contribution < -0.4 is 0 Å². The number of carbonyl (C=O) groups is 3. The number of phosphoric ester groups is 2. The number of esters is 3. The molecular formula is C117H202O16P2. The third-order valence-corrected chi connectivity index (χ3v) is 25.5. The first-order chi connectivity index (χ1) is 66.2. The average Bonchev–Trinajstić information content (AvgIpc) is 0.895. The highest BCUT2D eigenvalue weighted by Crippen LogP contribution is 2.45. The van der Waals surface area contributed by atoms with E-state index in [0.717, 1.165) is 161 Å². The van der Waals surface area contributed by atoms with Crippen LogP contribution in [0.15, 0.2) is 182 Å². The molecule has 18 heteroatoms. The van der Waals surface area contributed by atoms with Crippen LogP contribution in [0.5, 0.6) is 0 Å². The molecule has 0 saturated carbocycles. The molecule has 0 saturated heterocycles. The zero-order valence-corrected chi connectivity index (χ0v) is 88.1. The first-order valence-corrected chi connectivity index (χ1v) is 58.1. The molecule has 135 heavy (non-hydrogen) atoms. The van der Waals surface area contributed by atoms with Gasteiger partial charge < -0.3 is 34.2 Å². The fourth-order valence-electron chi connectivity index (χ4n) is 15.4. The lowest BCUT2D eigenvalue weighted by Crippen LogP contribution is -2.30. The number of rotatable bonds is 104. The topological polar surface area (TPSA) is 231 Å². The van der Waals surface area contributed by atoms with Gasteiger partial charge in [0.05, 0.1) is 26.4 Å². The number of carbonyl (C=O) groups excluding carboxylic acids is 3. The summed E-state index contributed by atoms with van der Waals surface area (Å²) in [6.07, 6.45) is 144. The van der Waals surface area contributed by atoms with Gasteiger partial charge in [-0.3, -0.25) is 32.5 Å². The van der Waals surface area contributed by atoms with Gasteiger partial charge in [0.2, 0.25) is 0 Å². The molecule has 0 aromatic heterocycles. The van der Waals surface area contributed by atoms with Gasteiger partial charge in [-0.05, 0) is 161 Å². The minimum absolute atomic E-state index is 0.102. The second kappa shape index (κ2) is 107. The molecule has 776 valence electrons. The number of hydrogen-bond donors (Lipinski definition) is 4. The molecule has 0 aliphatic heterocycles. The van der Waals surface area contributed by atoms with Crippen molar-refractivity contribution < 1.29 is 75.8 Å². The molecule has 4 N–H and O–H groups in total. The van der Waals surface area contributed by atoms with Crippen molar-refractivity contribution in [3.63, 3.8) is 0 Å². The smallest absolute Gasteiger partial charge is 0.463 e. The van der Waals surface area contributed by atoms with Crippen LogP contribution >= 0.6 is 15.6 Å². The predicted molar refractivity (Wildman–Crippen MR) is 574 cm³/mol. The lowest BCUT2D eigenvalue weighted by Gasteiger charge is -2.21. The van der Waals surface area contributed by atoms with E-state index >= 15 is 0 Å². The van der Waals surface area contributed by atoms with Crippen LogP contribution in [0.1, 0.15) is 483 Å². The predicted octanol–water partition coefficient (Wildman–Crippen LogP) is 35.5. The number of unbranched alkanes of at least 4 members (excludes halogenated alkanes) is 51. The lowest BCUT2D eigenvalue weighted by molar-refractivity contribution is -0.161. The Hall–Kier alpha value is -5.35. The average molecular weight is 1930 g/mol. The monoisotopic (exact) mass is 1930 g/mol. The number of hydrogen-bond acceptors (Lipinski definition) is 14. The molecular weight excluding hydrogens is 1720 g/mol. The number of phosphoric acid groups is 2. The van der Waals surface area contributed by atoms with Gasteiger partial charge in [0, 0.05) is 19.3 Å². The van der Waals surface area contributed by atoms with Crippen molar-refractivity contribution in [2.45, 2.75) is 501 Å². The van der Waals surface area contributed by atoms with Gasteiger partial charge in [0.25, 0.3) is 0 Å². The summed E-state index contributed by atoms with van der Waals surface area (Å²) in [7, 11) is -9.82. The normalized spacial score (nSPS) is 14.3. The van der Waals surface area contributed by atoms with Crippen molar-refractivity contribution in [2.24, 2.45) is 0 Å². The van der Waals surface area contributed by atoms with Crippen molar-refractivity contribution in [1.82, 2.24) is 0 Å². The van der Waals surface area contributed by atoms with Gasteiger partial charge >= 0.3 is 33.6 Å². The van der Waals surface area contributed by atoms with Gasteiger partial charge in [-0.2, -0.15) is 0 Å². The molecule has 0 spiro atoms. The Morgan fingerprint density at radius 3 is 0.622 bits per heavy atom. The lowest BCUT2D eigenvalue weighted by atomic mass is 10.0. The van der Waals surface area contributed by atoms with Crippen molar-refractivity contribution in [3.05, 3.63) is 182 Å². The van der Waals surface area contributed by atoms with E-state index in [-0.39, 0.29) is 19.3 Å². The van der Waals surface area contributed by atoms with Crippen LogP contribution in [0.4, 0.5) is 0 Å². The molecule has 0 rings (SSSR count). The maximum absolute atomic E-state index is 13.2. The summed E-state index contributed by atoms with van der Waals surface area (Å²) in [6.45, 7) is 2.52. The summed E-state index contributed by atoms with van der Waals surface area (Å²) in [4.78, 5) is 59.3. The molecule has 0 amide bonds. The van der Waals surface area contributed by atoms with Gasteiger partial charge in [0.1, 0.15) is 25.4 Å². The van der Waals surface area contributed by atoms with Gasteiger partial charge in [-0.1, -0.05) is 486 Å². The molecule has 0 aromatic carbocycles. The Morgan fingerprint density at radius 2 is 0.393 bits per heavy atom. The SMILES string of the molecule is CC/C=C\C/C=C\C/C=C\C/C=C\C/C=C\C/C=C\CCCCCCCCCCCCCCCCCCC(=O)OCC(O)COP(=O)(O)OCC(O)COP(=O)(O)OCC(COC(=O)CCCCCCCCCCCCCCCCCCCCC/C=C\C/C=C\C/C=C\C/C=C\C/C=C\CC)OC(=O)CCCCCCCCCCCCCCC/C=C\C/C=C\C/C=C\C/C=C\CCCCC. The summed E-state index contributed by atoms with van der Waals surface area (Å²) in [6, 6.07) is 0. The van der Waals surface area contributed by atoms with E-state index in [1.165, 1.54) is 263 Å². The molecule has 0 radical (unpaired) electrons. The minimum Gasteiger partial charge on any atom is -0.463 e. The Bertz CT molecular complexity index is 3190. The molecule has 0 aliphatic carbocycles. The minimum atomic E-state index is -4.95. The molecule has 5 atom stereocenters. The quantitative estimate of drug-likeness (QED) is 0.0146. The largest absolute Gasteiger partial charge is 0.472 e. The highest BCUT2D eigenvalue weighted by Gasteiger charge is 2.30. The standard InChI is InChI=1S/C117H202O16P2/c1-4-7-10-13-16-19-22-25-28-31-34-37-40-43-46-49-51-53-55-57-59-62-64-67-70-73-76-79-82-85-88-91-94-97-100-103-115(120)127-106-112(118)107-129-134(123,124)130-108-113(119)109-131-135(125,126)132-111-114(133-117(122)105-102-99-96-93-90-87-84-81-78-75-72-69-66-61-48-45-42-39-36-33-30-27-24-21-18-15-12-9-6-3)110-128-116(121)104-101-98-95-92-89-86-83-80-77-74-71-68-65-63-60-58-56-54-52-50-47-44-41-38-35-32-29-26-23-20-17-14-11-8-5-2/h7-8,10-11,16-21,25-30,34-39,43-48,51,53,112-114,118-119H,4-6,9,12-15,22-24,31-33,40-42,49-50,52,54-111H2,1-3H3,(H,123,124)(H,125,126)/b10-7-,11-8-,19-16-,20-17-,21-18-,28-25-,29-26-,30-27-,37-34-,38-35-,39-36-,46-43-,47-44-,48-45-,53-51-. The number of aliphatic hydroxyl groups is 2. The van der Waals surface area contributed by atoms with Crippen molar-refractivity contribution in [3.8, 4) is 0 Å². The fraction of sp³-hybridized carbons (Fsp3) is 0.718. The van der Waals surface area contributed by atoms with E-state index in [4.69, 9.17) is 32.3 Å². The summed E-state index contributed by atoms with van der Waals surface area (Å²) in [5, 5.41) is 20.8. The molecule has 0 aromatic rings. The van der Waals surface area contributed by atoms with Gasteiger partial charge in [0.15, 0.2) is 6.10 Å². The first-order valence-electron chi connectivity index (χ1n) is 55.1. The Labute approximate surface area is 827 Å². The first kappa shape index (κ1) is 130. The highest BCUT2D eigenvalue weighted by atomic mass is 31.2. The fourth-order valence-corrected chi connectivity index (χ4v) is 16.9. The van der Waals surface area contributed by atoms with Gasteiger partial charge in [-0.15, -0.1) is 0 Å². The highest BCUT2D eigenvalue weighted by molar-refractivity contribution is 7.47. The van der Waals surface area contributed by atoms with Crippen LogP contribution in [0.25, 0.3) is 0 Å². The molecule has 0 aliphatic rings. The Morgan fingerprint density at radius 1 is 0.215 bits per heavy atom. The van der Waals surface area contributed by atoms with Crippen molar-refractivity contribution in [2.75, 3.05) is 39.6 Å². The van der Waals surface area contributed by atoms with E-state index in [1.807, 2.05) is 0 Å². The van der Waals surface area contributed by atoms with E-state index in [9.17, 15) is 43.5 Å². The van der Waals surface area contributed by atoms with Gasteiger partial charge in [-0.25, -0.2) is 9.13 Å². The molecule has 5 unspecified atom stereocenters.